The second-order valence-electron chi connectivity index (χ2n) is 6.79. The fourth-order valence-electron chi connectivity index (χ4n) is 3.61. The second kappa shape index (κ2) is 7.23. The van der Waals surface area contributed by atoms with Crippen LogP contribution in [0.4, 0.5) is 4.79 Å². The number of allylic oxidation sites excluding steroid dienone is 1. The molecule has 1 aromatic heterocycles. The van der Waals surface area contributed by atoms with E-state index >= 15 is 0 Å². The molecule has 7 heteroatoms. The highest BCUT2D eigenvalue weighted by atomic mass is 32.2. The zero-order chi connectivity index (χ0) is 19.0. The number of aryl methyl sites for hydroxylation is 1. The van der Waals surface area contributed by atoms with Gasteiger partial charge < -0.3 is 14.6 Å². The van der Waals surface area contributed by atoms with Gasteiger partial charge in [0, 0.05) is 31.1 Å². The van der Waals surface area contributed by atoms with Gasteiger partial charge in [-0.15, -0.1) is 0 Å². The lowest BCUT2D eigenvalue weighted by atomic mass is 9.96. The van der Waals surface area contributed by atoms with Crippen LogP contribution in [0, 0.1) is 12.8 Å². The largest absolute Gasteiger partial charge is 0.451 e. The number of piperidine rings is 1. The third-order valence-electron chi connectivity index (χ3n) is 5.12. The molecule has 6 nitrogen and oxygen atoms in total. The van der Waals surface area contributed by atoms with Crippen molar-refractivity contribution in [3.05, 3.63) is 46.6 Å². The topological polar surface area (TPSA) is 74.9 Å². The number of para-hydroxylation sites is 1. The molecule has 2 aliphatic heterocycles. The number of likely N-dealkylation sites (N-methyl/N-ethyl adjacent to an activating group) is 1. The van der Waals surface area contributed by atoms with Crippen LogP contribution in [0.15, 0.2) is 44.7 Å². The first kappa shape index (κ1) is 17.9. The lowest BCUT2D eigenvalue weighted by Gasteiger charge is -2.30. The van der Waals surface area contributed by atoms with Crippen molar-refractivity contribution in [2.24, 2.45) is 10.9 Å². The summed E-state index contributed by atoms with van der Waals surface area (Å²) in [6.45, 7) is 3.28. The zero-order valence-corrected chi connectivity index (χ0v) is 16.1. The first-order chi connectivity index (χ1) is 13.1. The lowest BCUT2D eigenvalue weighted by molar-refractivity contribution is 0.0674. The van der Waals surface area contributed by atoms with Crippen molar-refractivity contribution in [1.82, 2.24) is 10.2 Å². The minimum atomic E-state index is -0.182. The average molecular weight is 383 g/mol. The van der Waals surface area contributed by atoms with E-state index in [4.69, 9.17) is 4.42 Å². The van der Waals surface area contributed by atoms with E-state index in [9.17, 15) is 9.59 Å². The third-order valence-corrected chi connectivity index (χ3v) is 5.94. The maximum Gasteiger partial charge on any atom is 0.311 e. The molecule has 0 saturated carbocycles. The van der Waals surface area contributed by atoms with Gasteiger partial charge in [0.2, 0.25) is 0 Å². The Kier molecular flexibility index (Phi) is 4.78. The van der Waals surface area contributed by atoms with Gasteiger partial charge in [0.15, 0.2) is 5.76 Å². The van der Waals surface area contributed by atoms with Crippen LogP contribution in [0.25, 0.3) is 11.0 Å². The number of amidine groups is 1. The molecule has 0 spiro atoms. The highest BCUT2D eigenvalue weighted by Gasteiger charge is 2.28. The normalized spacial score (nSPS) is 19.8. The summed E-state index contributed by atoms with van der Waals surface area (Å²) in [7, 11) is 1.77. The number of amides is 2. The molecule has 1 fully saturated rings. The minimum absolute atomic E-state index is 0.0438. The molecule has 0 aliphatic carbocycles. The Morgan fingerprint density at radius 2 is 2.07 bits per heavy atom. The number of hydrogen-bond acceptors (Lipinski definition) is 5. The monoisotopic (exact) mass is 383 g/mol. The summed E-state index contributed by atoms with van der Waals surface area (Å²) < 4.78 is 5.82. The number of thioether (sulfide) groups is 1. The first-order valence-corrected chi connectivity index (χ1v) is 9.86. The standard InChI is InChI=1S/C20H21N3O3S/c1-12-14-5-3-4-6-15(14)26-17(12)19(24)23-9-7-13(8-10-23)11-16-18(21-2)22-20(25)27-16/h3-6,11,13H,7-10H2,1-2H3,(H,21,22,25). The van der Waals surface area contributed by atoms with Gasteiger partial charge in [0.05, 0.1) is 4.91 Å². The molecular formula is C20H21N3O3S. The molecule has 0 bridgehead atoms. The number of hydrogen-bond donors (Lipinski definition) is 1. The fraction of sp³-hybridized carbons (Fsp3) is 0.350. The molecule has 2 amide bonds. The Balaban J connectivity index is 1.44. The number of nitrogens with zero attached hydrogens (tertiary/aromatic N) is 2. The molecule has 3 heterocycles. The summed E-state index contributed by atoms with van der Waals surface area (Å²) in [4.78, 5) is 31.1. The van der Waals surface area contributed by atoms with Gasteiger partial charge in [-0.25, -0.2) is 0 Å². The Hall–Kier alpha value is -2.54. The summed E-state index contributed by atoms with van der Waals surface area (Å²) >= 11 is 1.16. The van der Waals surface area contributed by atoms with Crippen LogP contribution < -0.4 is 5.32 Å². The van der Waals surface area contributed by atoms with E-state index in [1.54, 1.807) is 7.05 Å². The first-order valence-electron chi connectivity index (χ1n) is 9.04. The maximum atomic E-state index is 12.9. The van der Waals surface area contributed by atoms with Gasteiger partial charge in [0.1, 0.15) is 11.4 Å². The summed E-state index contributed by atoms with van der Waals surface area (Å²) in [5.74, 6) is 1.37. The quantitative estimate of drug-likeness (QED) is 0.849. The van der Waals surface area contributed by atoms with Crippen molar-refractivity contribution < 1.29 is 14.0 Å². The van der Waals surface area contributed by atoms with Gasteiger partial charge in [-0.05, 0) is 43.5 Å². The maximum absolute atomic E-state index is 12.9. The summed E-state index contributed by atoms with van der Waals surface area (Å²) in [6.07, 6.45) is 3.83. The fourth-order valence-corrected chi connectivity index (χ4v) is 4.44. The molecule has 2 aromatic rings. The van der Waals surface area contributed by atoms with E-state index in [0.717, 1.165) is 46.0 Å². The number of fused-ring (bicyclic) bond motifs is 1. The average Bonchev–Trinajstić information content (AvgIpc) is 3.21. The molecular weight excluding hydrogens is 362 g/mol. The van der Waals surface area contributed by atoms with E-state index in [1.165, 1.54) is 0 Å². The SMILES string of the molecule is CNC1=NC(=O)SC1=CC1CCN(C(=O)c2oc3ccccc3c2C)CC1. The van der Waals surface area contributed by atoms with Gasteiger partial charge >= 0.3 is 5.24 Å². The molecule has 0 unspecified atom stereocenters. The van der Waals surface area contributed by atoms with Gasteiger partial charge in [-0.1, -0.05) is 24.3 Å². The lowest BCUT2D eigenvalue weighted by Crippen LogP contribution is -2.38. The number of nitrogens with one attached hydrogen (secondary N) is 1. The van der Waals surface area contributed by atoms with E-state index in [1.807, 2.05) is 36.1 Å². The summed E-state index contributed by atoms with van der Waals surface area (Å²) in [5.41, 5.74) is 1.65. The van der Waals surface area contributed by atoms with Crippen LogP contribution in [0.1, 0.15) is 29.0 Å². The molecule has 4 rings (SSSR count). The number of likely N-dealkylation sites (tertiary alicyclic amines) is 1. The van der Waals surface area contributed by atoms with Crippen LogP contribution in [-0.2, 0) is 0 Å². The molecule has 140 valence electrons. The van der Waals surface area contributed by atoms with Crippen molar-refractivity contribution in [1.29, 1.82) is 0 Å². The van der Waals surface area contributed by atoms with Gasteiger partial charge in [-0.2, -0.15) is 4.99 Å². The van der Waals surface area contributed by atoms with Crippen molar-refractivity contribution >= 4 is 39.7 Å². The van der Waals surface area contributed by atoms with Crippen molar-refractivity contribution in [2.75, 3.05) is 20.1 Å². The molecule has 0 radical (unpaired) electrons. The van der Waals surface area contributed by atoms with E-state index in [0.29, 0.717) is 30.6 Å². The van der Waals surface area contributed by atoms with Crippen LogP contribution >= 0.6 is 11.8 Å². The van der Waals surface area contributed by atoms with Crippen LogP contribution in [-0.4, -0.2) is 42.0 Å². The predicted octanol–water partition coefficient (Wildman–Crippen LogP) is 3.96. The number of aliphatic imine (C=N–C) groups is 1. The highest BCUT2D eigenvalue weighted by molar-refractivity contribution is 8.18. The van der Waals surface area contributed by atoms with Crippen LogP contribution in [0.5, 0.6) is 0 Å². The number of carbonyl (C=O) groups is 2. The van der Waals surface area contributed by atoms with Gasteiger partial charge in [0.25, 0.3) is 5.91 Å². The van der Waals surface area contributed by atoms with E-state index in [2.05, 4.69) is 16.4 Å². The van der Waals surface area contributed by atoms with E-state index < -0.39 is 0 Å². The summed E-state index contributed by atoms with van der Waals surface area (Å²) in [6, 6.07) is 7.73. The molecule has 0 atom stereocenters. The van der Waals surface area contributed by atoms with Crippen molar-refractivity contribution in [3.8, 4) is 0 Å². The third kappa shape index (κ3) is 3.39. The van der Waals surface area contributed by atoms with Crippen LogP contribution in [0.2, 0.25) is 0 Å². The predicted molar refractivity (Wildman–Crippen MR) is 107 cm³/mol. The molecule has 27 heavy (non-hydrogen) atoms. The Labute approximate surface area is 161 Å². The Morgan fingerprint density at radius 3 is 2.78 bits per heavy atom. The van der Waals surface area contributed by atoms with Crippen molar-refractivity contribution in [2.45, 2.75) is 19.8 Å². The molecule has 2 aliphatic rings. The number of furan rings is 1. The Bertz CT molecular complexity index is 968. The summed E-state index contributed by atoms with van der Waals surface area (Å²) in [5, 5.41) is 3.77. The molecule has 1 N–H and O–H groups in total. The number of carbonyl (C=O) groups excluding carboxylic acids is 2. The zero-order valence-electron chi connectivity index (χ0n) is 15.3. The van der Waals surface area contributed by atoms with Gasteiger partial charge in [-0.3, -0.25) is 9.59 Å². The molecule has 1 saturated heterocycles. The Morgan fingerprint density at radius 1 is 1.33 bits per heavy atom. The van der Waals surface area contributed by atoms with Crippen LogP contribution in [0.3, 0.4) is 0 Å². The minimum Gasteiger partial charge on any atom is -0.451 e. The highest BCUT2D eigenvalue weighted by Crippen LogP contribution is 2.31. The second-order valence-corrected chi connectivity index (χ2v) is 7.78. The molecule has 1 aromatic carbocycles. The van der Waals surface area contributed by atoms with Crippen molar-refractivity contribution in [3.63, 3.8) is 0 Å². The van der Waals surface area contributed by atoms with E-state index in [-0.39, 0.29) is 11.1 Å². The number of rotatable bonds is 2. The smallest absolute Gasteiger partial charge is 0.311 e. The number of benzene rings is 1.